The van der Waals surface area contributed by atoms with Crippen molar-refractivity contribution in [3.63, 3.8) is 0 Å². The molecule has 0 aliphatic carbocycles. The number of benzene rings is 1. The number of amides is 1. The highest BCUT2D eigenvalue weighted by Gasteiger charge is 2.37. The van der Waals surface area contributed by atoms with Crippen LogP contribution in [-0.2, 0) is 19.0 Å². The Hall–Kier alpha value is -1.92. The van der Waals surface area contributed by atoms with Crippen LogP contribution >= 0.6 is 0 Å². The fraction of sp³-hybridized carbons (Fsp3) is 0.636. The van der Waals surface area contributed by atoms with Crippen molar-refractivity contribution in [2.45, 2.75) is 90.4 Å². The summed E-state index contributed by atoms with van der Waals surface area (Å²) in [4.78, 5) is 24.8. The lowest BCUT2D eigenvalue weighted by Crippen LogP contribution is -2.47. The van der Waals surface area contributed by atoms with Gasteiger partial charge in [-0.3, -0.25) is 9.59 Å². The minimum absolute atomic E-state index is 0.0371. The zero-order valence-electron chi connectivity index (χ0n) is 20.3. The Labute approximate surface area is 172 Å². The summed E-state index contributed by atoms with van der Waals surface area (Å²) >= 11 is 0. The zero-order chi connectivity index (χ0) is 23.4. The van der Waals surface area contributed by atoms with E-state index in [0.29, 0.717) is 12.0 Å². The molecule has 2 rings (SSSR count). The van der Waals surface area contributed by atoms with Crippen LogP contribution in [0.15, 0.2) is 30.3 Å². The fourth-order valence-corrected chi connectivity index (χ4v) is 3.21. The Balaban J connectivity index is 2.08. The number of carbonyl (C=O) groups is 2. The van der Waals surface area contributed by atoms with Crippen molar-refractivity contribution in [2.75, 3.05) is 0 Å². The van der Waals surface area contributed by atoms with Gasteiger partial charge in [-0.2, -0.15) is 0 Å². The van der Waals surface area contributed by atoms with E-state index in [-0.39, 0.29) is 12.8 Å². The van der Waals surface area contributed by atoms with Gasteiger partial charge < -0.3 is 19.5 Å². The minimum atomic E-state index is -2.42. The number of esters is 1. The normalized spacial score (nSPS) is 25.0. The van der Waals surface area contributed by atoms with Gasteiger partial charge in [-0.1, -0.05) is 18.2 Å². The molecule has 1 amide bonds. The molecule has 1 saturated heterocycles. The molecule has 3 atom stereocenters. The van der Waals surface area contributed by atoms with Crippen LogP contribution in [0.25, 0.3) is 0 Å². The quantitative estimate of drug-likeness (QED) is 0.742. The number of hydrogen-bond donors (Lipinski definition) is 1. The summed E-state index contributed by atoms with van der Waals surface area (Å²) in [5, 5.41) is 2.62. The number of rotatable bonds is 6. The fourth-order valence-electron chi connectivity index (χ4n) is 3.21. The van der Waals surface area contributed by atoms with Crippen LogP contribution in [-0.4, -0.2) is 41.5 Å². The molecule has 28 heavy (non-hydrogen) atoms. The van der Waals surface area contributed by atoms with Crippen molar-refractivity contribution < 1.29 is 27.9 Å². The molecule has 1 heterocycles. The monoisotopic (exact) mass is 394 g/mol. The highest BCUT2D eigenvalue weighted by atomic mass is 16.7. The van der Waals surface area contributed by atoms with Crippen molar-refractivity contribution in [3.8, 4) is 0 Å². The average molecular weight is 395 g/mol. The van der Waals surface area contributed by atoms with Crippen molar-refractivity contribution in [3.05, 3.63) is 35.9 Å². The second-order valence-corrected chi connectivity index (χ2v) is 8.53. The third kappa shape index (κ3) is 7.60. The van der Waals surface area contributed by atoms with Gasteiger partial charge >= 0.3 is 5.97 Å². The van der Waals surface area contributed by atoms with E-state index >= 15 is 0 Å². The number of ether oxygens (including phenoxy) is 3. The Morgan fingerprint density at radius 1 is 1.25 bits per heavy atom. The first-order chi connectivity index (χ1) is 14.1. The van der Waals surface area contributed by atoms with E-state index in [1.807, 2.05) is 0 Å². The van der Waals surface area contributed by atoms with Crippen LogP contribution in [0.1, 0.15) is 75.2 Å². The Kier molecular flexibility index (Phi) is 5.86. The first-order valence-electron chi connectivity index (χ1n) is 11.1. The van der Waals surface area contributed by atoms with Gasteiger partial charge in [-0.15, -0.1) is 0 Å². The first-order valence-corrected chi connectivity index (χ1v) is 9.58. The number of hydrogen-bond acceptors (Lipinski definition) is 5. The molecule has 0 aromatic heterocycles. The molecular weight excluding hydrogens is 358 g/mol. The van der Waals surface area contributed by atoms with Crippen LogP contribution in [0.2, 0.25) is 0 Å². The third-order valence-electron chi connectivity index (χ3n) is 4.08. The van der Waals surface area contributed by atoms with Crippen LogP contribution in [0.3, 0.4) is 0 Å². The van der Waals surface area contributed by atoms with E-state index in [2.05, 4.69) is 5.32 Å². The van der Waals surface area contributed by atoms with Gasteiger partial charge in [0.15, 0.2) is 5.79 Å². The van der Waals surface area contributed by atoms with E-state index in [4.69, 9.17) is 18.3 Å². The molecule has 6 heteroatoms. The van der Waals surface area contributed by atoms with Crippen LogP contribution in [0.4, 0.5) is 0 Å². The molecule has 0 radical (unpaired) electrons. The molecule has 0 spiro atoms. The van der Waals surface area contributed by atoms with E-state index in [1.54, 1.807) is 65.0 Å². The molecule has 0 saturated carbocycles. The molecule has 1 N–H and O–H groups in total. The maximum absolute atomic E-state index is 12.5. The third-order valence-corrected chi connectivity index (χ3v) is 4.08. The molecule has 6 nitrogen and oxygen atoms in total. The van der Waals surface area contributed by atoms with Gasteiger partial charge in [-0.05, 0) is 60.0 Å². The molecule has 1 aliphatic heterocycles. The van der Waals surface area contributed by atoms with Crippen LogP contribution in [0.5, 0.6) is 0 Å². The summed E-state index contributed by atoms with van der Waals surface area (Å²) in [6, 6.07) is 7.34. The number of nitrogens with one attached hydrogen (secondary N) is 1. The van der Waals surface area contributed by atoms with Crippen molar-refractivity contribution in [1.82, 2.24) is 5.32 Å². The van der Waals surface area contributed by atoms with E-state index in [9.17, 15) is 9.59 Å². The second kappa shape index (κ2) is 9.05. The summed E-state index contributed by atoms with van der Waals surface area (Å²) in [5.41, 5.74) is -0.224. The summed E-state index contributed by atoms with van der Waals surface area (Å²) in [6.45, 7) is 6.38. The highest BCUT2D eigenvalue weighted by Crippen LogP contribution is 2.31. The molecular formula is C22H33NO5. The molecule has 0 unspecified atom stereocenters. The average Bonchev–Trinajstić information content (AvgIpc) is 2.57. The van der Waals surface area contributed by atoms with E-state index in [0.717, 1.165) is 0 Å². The van der Waals surface area contributed by atoms with E-state index < -0.39 is 48.4 Å². The number of carbonyl (C=O) groups excluding carboxylic acids is 2. The highest BCUT2D eigenvalue weighted by molar-refractivity contribution is 5.94. The topological polar surface area (TPSA) is 73.9 Å². The van der Waals surface area contributed by atoms with E-state index in [1.165, 1.54) is 0 Å². The summed E-state index contributed by atoms with van der Waals surface area (Å²) in [5.74, 6) is -1.85. The molecule has 0 bridgehead atoms. The first kappa shape index (κ1) is 18.1. The minimum Gasteiger partial charge on any atom is -0.460 e. The van der Waals surface area contributed by atoms with Gasteiger partial charge in [0.1, 0.15) is 5.60 Å². The standard InChI is InChI=1S/C22H33NO5/c1-15(23-20(25)16-10-8-7-9-11-16)12-17-13-18(27-22(5,6)26-17)14-19(24)28-21(2,3)4/h7-11,15,17-18H,12-14H2,1-6H3,(H,23,25)/t15-,17-,18-/m1/s1/i1D3. The molecule has 1 fully saturated rings. The molecule has 1 aromatic rings. The van der Waals surface area contributed by atoms with Gasteiger partial charge in [0.25, 0.3) is 5.91 Å². The van der Waals surface area contributed by atoms with Crippen molar-refractivity contribution in [2.24, 2.45) is 0 Å². The predicted molar refractivity (Wildman–Crippen MR) is 107 cm³/mol. The lowest BCUT2D eigenvalue weighted by molar-refractivity contribution is -0.301. The lowest BCUT2D eigenvalue weighted by atomic mass is 10.00. The maximum Gasteiger partial charge on any atom is 0.308 e. The van der Waals surface area contributed by atoms with Crippen LogP contribution < -0.4 is 5.32 Å². The summed E-state index contributed by atoms with van der Waals surface area (Å²) in [6.07, 6.45) is -0.582. The Morgan fingerprint density at radius 3 is 2.50 bits per heavy atom. The Bertz CT molecular complexity index is 759. The van der Waals surface area contributed by atoms with Crippen LogP contribution in [0, 0.1) is 0 Å². The van der Waals surface area contributed by atoms with Crippen molar-refractivity contribution in [1.29, 1.82) is 0 Å². The predicted octanol–water partition coefficient (Wildman–Crippen LogP) is 3.84. The summed E-state index contributed by atoms with van der Waals surface area (Å²) in [7, 11) is 0. The largest absolute Gasteiger partial charge is 0.460 e. The van der Waals surface area contributed by atoms with Gasteiger partial charge in [0, 0.05) is 22.1 Å². The SMILES string of the molecule is [2H]C([2H])([2H])[C@H](C[C@@H]1C[C@H](CC(=O)OC(C)(C)C)OC(C)(C)O1)NC(=O)c1ccccc1. The van der Waals surface area contributed by atoms with Gasteiger partial charge in [0.2, 0.25) is 0 Å². The Morgan fingerprint density at radius 2 is 1.89 bits per heavy atom. The molecule has 1 aromatic carbocycles. The van der Waals surface area contributed by atoms with Gasteiger partial charge in [-0.25, -0.2) is 0 Å². The summed E-state index contributed by atoms with van der Waals surface area (Å²) < 4.78 is 40.8. The lowest BCUT2D eigenvalue weighted by Gasteiger charge is -2.41. The maximum atomic E-state index is 12.5. The molecule has 156 valence electrons. The molecule has 1 aliphatic rings. The zero-order valence-corrected chi connectivity index (χ0v) is 17.3. The van der Waals surface area contributed by atoms with Gasteiger partial charge in [0.05, 0.1) is 18.6 Å². The smallest absolute Gasteiger partial charge is 0.308 e. The van der Waals surface area contributed by atoms with Crippen molar-refractivity contribution >= 4 is 11.9 Å². The second-order valence-electron chi connectivity index (χ2n) is 8.53.